The van der Waals surface area contributed by atoms with E-state index in [0.29, 0.717) is 6.04 Å². The van der Waals surface area contributed by atoms with E-state index in [4.69, 9.17) is 5.11 Å². The fourth-order valence-corrected chi connectivity index (χ4v) is 2.84. The normalized spacial score (nSPS) is 18.9. The van der Waals surface area contributed by atoms with E-state index in [0.717, 1.165) is 31.4 Å². The molecule has 0 saturated carbocycles. The van der Waals surface area contributed by atoms with E-state index in [1.54, 1.807) is 18.2 Å². The molecule has 108 valence electrons. The lowest BCUT2D eigenvalue weighted by Gasteiger charge is -2.35. The number of hydrogen-bond donors (Lipinski definition) is 1. The number of nitrogens with zero attached hydrogens (tertiary/aromatic N) is 1. The van der Waals surface area contributed by atoms with E-state index in [2.05, 4.69) is 6.92 Å². The lowest BCUT2D eigenvalue weighted by molar-refractivity contribution is -0.134. The summed E-state index contributed by atoms with van der Waals surface area (Å²) in [6, 6.07) is 6.99. The topological polar surface area (TPSA) is 57.6 Å². The van der Waals surface area contributed by atoms with Crippen molar-refractivity contribution in [1.29, 1.82) is 0 Å². The number of carbonyl (C=O) groups excluding carboxylic acids is 1. The van der Waals surface area contributed by atoms with Crippen molar-refractivity contribution in [3.8, 4) is 0 Å². The molecular weight excluding hydrogens is 254 g/mol. The number of rotatable bonds is 4. The second-order valence-electron chi connectivity index (χ2n) is 5.33. The zero-order valence-electron chi connectivity index (χ0n) is 11.8. The second-order valence-corrected chi connectivity index (χ2v) is 5.33. The summed E-state index contributed by atoms with van der Waals surface area (Å²) in [6.07, 6.45) is 4.62. The molecule has 0 spiro atoms. The Morgan fingerprint density at radius 3 is 2.85 bits per heavy atom. The lowest BCUT2D eigenvalue weighted by Crippen LogP contribution is -2.44. The molecule has 1 aromatic carbocycles. The second kappa shape index (κ2) is 6.55. The van der Waals surface area contributed by atoms with Crippen LogP contribution in [0.5, 0.6) is 0 Å². The van der Waals surface area contributed by atoms with E-state index >= 15 is 0 Å². The van der Waals surface area contributed by atoms with Gasteiger partial charge in [0.25, 0.3) is 0 Å². The van der Waals surface area contributed by atoms with Gasteiger partial charge in [-0.2, -0.15) is 0 Å². The van der Waals surface area contributed by atoms with Crippen LogP contribution in [0.2, 0.25) is 0 Å². The van der Waals surface area contributed by atoms with Crippen LogP contribution < -0.4 is 0 Å². The highest BCUT2D eigenvalue weighted by molar-refractivity contribution is 5.88. The maximum Gasteiger partial charge on any atom is 0.335 e. The van der Waals surface area contributed by atoms with Gasteiger partial charge in [-0.1, -0.05) is 19.1 Å². The Balaban J connectivity index is 2.06. The molecule has 1 amide bonds. The first-order valence-electron chi connectivity index (χ1n) is 7.23. The molecule has 1 aliphatic rings. The van der Waals surface area contributed by atoms with Crippen LogP contribution in [0, 0.1) is 0 Å². The zero-order valence-corrected chi connectivity index (χ0v) is 11.8. The lowest BCUT2D eigenvalue weighted by atomic mass is 9.98. The van der Waals surface area contributed by atoms with Crippen molar-refractivity contribution in [3.05, 3.63) is 35.4 Å². The van der Waals surface area contributed by atoms with E-state index < -0.39 is 5.97 Å². The van der Waals surface area contributed by atoms with E-state index in [1.165, 1.54) is 6.42 Å². The predicted octanol–water partition coefficient (Wildman–Crippen LogP) is 2.72. The van der Waals surface area contributed by atoms with Gasteiger partial charge >= 0.3 is 5.97 Å². The van der Waals surface area contributed by atoms with Gasteiger partial charge in [0.1, 0.15) is 0 Å². The summed E-state index contributed by atoms with van der Waals surface area (Å²) in [5, 5.41) is 8.98. The van der Waals surface area contributed by atoms with Crippen molar-refractivity contribution >= 4 is 11.9 Å². The molecule has 1 aromatic rings. The third-order valence-electron chi connectivity index (χ3n) is 3.95. The Morgan fingerprint density at radius 2 is 2.15 bits per heavy atom. The van der Waals surface area contributed by atoms with Gasteiger partial charge in [-0.25, -0.2) is 4.79 Å². The fourth-order valence-electron chi connectivity index (χ4n) is 2.84. The van der Waals surface area contributed by atoms with Gasteiger partial charge in [0.05, 0.1) is 12.0 Å². The Bertz CT molecular complexity index is 498. The molecule has 1 aliphatic heterocycles. The molecule has 0 radical (unpaired) electrons. The Morgan fingerprint density at radius 1 is 1.35 bits per heavy atom. The molecule has 20 heavy (non-hydrogen) atoms. The molecule has 1 saturated heterocycles. The van der Waals surface area contributed by atoms with E-state index in [9.17, 15) is 9.59 Å². The van der Waals surface area contributed by atoms with Gasteiger partial charge in [-0.05, 0) is 43.4 Å². The van der Waals surface area contributed by atoms with Crippen molar-refractivity contribution in [3.63, 3.8) is 0 Å². The number of aromatic carboxylic acids is 1. The molecular formula is C16H21NO3. The summed E-state index contributed by atoms with van der Waals surface area (Å²) in [5.74, 6) is -0.845. The molecule has 4 heteroatoms. The minimum Gasteiger partial charge on any atom is -0.478 e. The third-order valence-corrected chi connectivity index (χ3v) is 3.95. The first-order valence-corrected chi connectivity index (χ1v) is 7.23. The highest BCUT2D eigenvalue weighted by Crippen LogP contribution is 2.20. The minimum atomic E-state index is -0.955. The van der Waals surface area contributed by atoms with Gasteiger partial charge in [0.15, 0.2) is 0 Å². The van der Waals surface area contributed by atoms with Crippen molar-refractivity contribution in [2.75, 3.05) is 6.54 Å². The van der Waals surface area contributed by atoms with Crippen LogP contribution in [0.15, 0.2) is 24.3 Å². The number of carboxylic acid groups (broad SMARTS) is 1. The molecule has 1 heterocycles. The summed E-state index contributed by atoms with van der Waals surface area (Å²) in [4.78, 5) is 25.3. The van der Waals surface area contributed by atoms with Crippen molar-refractivity contribution in [2.24, 2.45) is 0 Å². The molecule has 1 unspecified atom stereocenters. The highest BCUT2D eigenvalue weighted by Gasteiger charge is 2.25. The number of carboxylic acids is 1. The average Bonchev–Trinajstić information content (AvgIpc) is 2.47. The van der Waals surface area contributed by atoms with Crippen LogP contribution in [-0.4, -0.2) is 34.5 Å². The van der Waals surface area contributed by atoms with Gasteiger partial charge in [-0.3, -0.25) is 4.79 Å². The molecule has 1 fully saturated rings. The molecule has 1 N–H and O–H groups in total. The SMILES string of the molecule is CCC1CCCCN1C(=O)Cc1cccc(C(=O)O)c1. The van der Waals surface area contributed by atoms with Crippen molar-refractivity contribution < 1.29 is 14.7 Å². The number of amides is 1. The largest absolute Gasteiger partial charge is 0.478 e. The quantitative estimate of drug-likeness (QED) is 0.919. The first kappa shape index (κ1) is 14.6. The number of carbonyl (C=O) groups is 2. The molecule has 0 bridgehead atoms. The summed E-state index contributed by atoms with van der Waals surface area (Å²) < 4.78 is 0. The van der Waals surface area contributed by atoms with Crippen LogP contribution in [0.25, 0.3) is 0 Å². The Kier molecular flexibility index (Phi) is 4.77. The maximum absolute atomic E-state index is 12.4. The van der Waals surface area contributed by atoms with Crippen LogP contribution in [-0.2, 0) is 11.2 Å². The monoisotopic (exact) mass is 275 g/mol. The predicted molar refractivity (Wildman–Crippen MR) is 76.7 cm³/mol. The average molecular weight is 275 g/mol. The van der Waals surface area contributed by atoms with Crippen molar-refractivity contribution in [2.45, 2.75) is 45.1 Å². The maximum atomic E-state index is 12.4. The summed E-state index contributed by atoms with van der Waals surface area (Å²) in [5.41, 5.74) is 1.01. The molecule has 0 aliphatic carbocycles. The van der Waals surface area contributed by atoms with Gasteiger partial charge in [0, 0.05) is 12.6 Å². The molecule has 4 nitrogen and oxygen atoms in total. The standard InChI is InChI=1S/C16H21NO3/c1-2-14-8-3-4-9-17(14)15(18)11-12-6-5-7-13(10-12)16(19)20/h5-7,10,14H,2-4,8-9,11H2,1H3,(H,19,20). The number of benzene rings is 1. The van der Waals surface area contributed by atoms with E-state index in [1.807, 2.05) is 11.0 Å². The van der Waals surface area contributed by atoms with Crippen LogP contribution >= 0.6 is 0 Å². The Labute approximate surface area is 119 Å². The summed E-state index contributed by atoms with van der Waals surface area (Å²) in [6.45, 7) is 2.94. The van der Waals surface area contributed by atoms with Crippen LogP contribution in [0.3, 0.4) is 0 Å². The molecule has 1 atom stereocenters. The Hall–Kier alpha value is -1.84. The van der Waals surface area contributed by atoms with Gasteiger partial charge in [0.2, 0.25) is 5.91 Å². The number of hydrogen-bond acceptors (Lipinski definition) is 2. The fraction of sp³-hybridized carbons (Fsp3) is 0.500. The van der Waals surface area contributed by atoms with Gasteiger partial charge in [-0.15, -0.1) is 0 Å². The smallest absolute Gasteiger partial charge is 0.335 e. The highest BCUT2D eigenvalue weighted by atomic mass is 16.4. The minimum absolute atomic E-state index is 0.110. The van der Waals surface area contributed by atoms with Gasteiger partial charge < -0.3 is 10.0 Å². The third kappa shape index (κ3) is 3.38. The summed E-state index contributed by atoms with van der Waals surface area (Å²) >= 11 is 0. The van der Waals surface area contributed by atoms with Crippen molar-refractivity contribution in [1.82, 2.24) is 4.90 Å². The number of piperidine rings is 1. The summed E-state index contributed by atoms with van der Waals surface area (Å²) in [7, 11) is 0. The molecule has 2 rings (SSSR count). The van der Waals surface area contributed by atoms with Crippen LogP contribution in [0.1, 0.15) is 48.5 Å². The molecule has 0 aromatic heterocycles. The zero-order chi connectivity index (χ0) is 14.5. The number of likely N-dealkylation sites (tertiary alicyclic amines) is 1. The first-order chi connectivity index (χ1) is 9.61. The van der Waals surface area contributed by atoms with E-state index in [-0.39, 0.29) is 17.9 Å². The van der Waals surface area contributed by atoms with Crippen LogP contribution in [0.4, 0.5) is 0 Å².